The van der Waals surface area contributed by atoms with Crippen LogP contribution in [0.15, 0.2) is 72.3 Å². The number of unbranched alkanes of at least 4 members (excludes halogenated alkanes) is 5. The third-order valence-corrected chi connectivity index (χ3v) is 6.15. The molecule has 3 rings (SSSR count). The van der Waals surface area contributed by atoms with Gasteiger partial charge in [-0.05, 0) is 42.0 Å². The van der Waals surface area contributed by atoms with Gasteiger partial charge in [0.25, 0.3) is 0 Å². The first-order valence-corrected chi connectivity index (χ1v) is 12.2. The van der Waals surface area contributed by atoms with Crippen molar-refractivity contribution in [2.45, 2.75) is 77.3 Å². The minimum absolute atomic E-state index is 0.0263. The van der Waals surface area contributed by atoms with Gasteiger partial charge in [0.15, 0.2) is 17.3 Å². The quantitative estimate of drug-likeness (QED) is 0.300. The second-order valence-corrected chi connectivity index (χ2v) is 8.70. The average molecular weight is 439 g/mol. The third-order valence-electron chi connectivity index (χ3n) is 6.15. The molecule has 1 unspecified atom stereocenters. The van der Waals surface area contributed by atoms with Gasteiger partial charge in [0, 0.05) is 12.0 Å². The molecular weight excluding hydrogens is 402 g/mol. The molecule has 3 heteroatoms. The molecule has 2 aromatic rings. The molecule has 0 aromatic heterocycles. The summed E-state index contributed by atoms with van der Waals surface area (Å²) in [4.78, 5) is 0. The van der Waals surface area contributed by atoms with Crippen LogP contribution < -0.4 is 0 Å². The molecule has 1 aliphatic rings. The zero-order valence-corrected chi connectivity index (χ0v) is 19.5. The van der Waals surface area contributed by atoms with Gasteiger partial charge in [-0.2, -0.15) is 0 Å². The Morgan fingerprint density at radius 3 is 2.50 bits per heavy atom. The van der Waals surface area contributed by atoms with E-state index in [0.29, 0.717) is 12.2 Å². The van der Waals surface area contributed by atoms with Crippen molar-refractivity contribution in [1.82, 2.24) is 0 Å². The molecule has 0 amide bonds. The van der Waals surface area contributed by atoms with Gasteiger partial charge in [-0.25, -0.2) is 8.78 Å². The lowest BCUT2D eigenvalue weighted by molar-refractivity contribution is 0.137. The van der Waals surface area contributed by atoms with E-state index >= 15 is 8.78 Å². The Hall–Kier alpha value is -2.42. The maximum atomic E-state index is 16.3. The van der Waals surface area contributed by atoms with Gasteiger partial charge in [0.2, 0.25) is 0 Å². The number of ether oxygens (including phenoxy) is 1. The number of hydrogen-bond acceptors (Lipinski definition) is 1. The summed E-state index contributed by atoms with van der Waals surface area (Å²) >= 11 is 0. The van der Waals surface area contributed by atoms with Crippen molar-refractivity contribution in [3.8, 4) is 11.1 Å². The van der Waals surface area contributed by atoms with Gasteiger partial charge in [-0.1, -0.05) is 101 Å². The summed E-state index contributed by atoms with van der Waals surface area (Å²) in [6.45, 7) is 4.74. The molecule has 1 nitrogen and oxygen atoms in total. The van der Waals surface area contributed by atoms with Gasteiger partial charge in [-0.15, -0.1) is 0 Å². The van der Waals surface area contributed by atoms with Crippen molar-refractivity contribution in [2.24, 2.45) is 0 Å². The van der Waals surface area contributed by atoms with Crippen LogP contribution >= 0.6 is 0 Å². The predicted molar refractivity (Wildman–Crippen MR) is 130 cm³/mol. The van der Waals surface area contributed by atoms with E-state index in [1.165, 1.54) is 18.4 Å². The summed E-state index contributed by atoms with van der Waals surface area (Å²) < 4.78 is 37.4. The summed E-state index contributed by atoms with van der Waals surface area (Å²) in [5.74, 6) is -0.791. The molecule has 32 heavy (non-hydrogen) atoms. The molecule has 0 heterocycles. The number of allylic oxidation sites excluding steroid dienone is 3. The molecule has 2 aromatic carbocycles. The summed E-state index contributed by atoms with van der Waals surface area (Å²) in [5, 5.41) is 0. The molecule has 1 atom stereocenters. The van der Waals surface area contributed by atoms with Gasteiger partial charge < -0.3 is 4.74 Å². The first-order valence-electron chi connectivity index (χ1n) is 12.2. The summed E-state index contributed by atoms with van der Waals surface area (Å²) in [7, 11) is 0. The molecule has 0 aliphatic heterocycles. The van der Waals surface area contributed by atoms with E-state index in [2.05, 4.69) is 26.0 Å². The molecule has 1 aliphatic carbocycles. The van der Waals surface area contributed by atoms with Crippen molar-refractivity contribution in [3.05, 3.63) is 83.4 Å². The van der Waals surface area contributed by atoms with Crippen LogP contribution in [0.1, 0.15) is 76.3 Å². The van der Waals surface area contributed by atoms with Crippen LogP contribution in [0.4, 0.5) is 8.78 Å². The monoisotopic (exact) mass is 438 g/mol. The third kappa shape index (κ3) is 5.88. The van der Waals surface area contributed by atoms with Crippen molar-refractivity contribution >= 4 is 0 Å². The highest BCUT2D eigenvalue weighted by Gasteiger charge is 2.42. The topological polar surface area (TPSA) is 9.23 Å². The fourth-order valence-electron chi connectivity index (χ4n) is 4.29. The maximum absolute atomic E-state index is 16.3. The second kappa shape index (κ2) is 12.0. The smallest absolute Gasteiger partial charge is 0.194 e. The number of halogens is 2. The number of hydrogen-bond donors (Lipinski definition) is 0. The molecule has 172 valence electrons. The van der Waals surface area contributed by atoms with Gasteiger partial charge in [0.05, 0.1) is 6.61 Å². The van der Waals surface area contributed by atoms with Crippen LogP contribution in [0.5, 0.6) is 0 Å². The minimum Gasteiger partial charge on any atom is -0.491 e. The number of benzene rings is 2. The summed E-state index contributed by atoms with van der Waals surface area (Å²) in [6, 6.07) is 15.5. The Kier molecular flexibility index (Phi) is 9.08. The van der Waals surface area contributed by atoms with E-state index in [1.807, 2.05) is 24.3 Å². The normalized spacial score (nSPS) is 18.2. The van der Waals surface area contributed by atoms with E-state index in [0.717, 1.165) is 49.7 Å². The Morgan fingerprint density at radius 1 is 0.906 bits per heavy atom. The van der Waals surface area contributed by atoms with E-state index in [9.17, 15) is 0 Å². The standard InChI is InChI=1S/C29H36F2O/c1-3-5-7-11-21-32-27-19-13-20-29(31,28(27)30)26-18-10-9-17-25(26)24-16-12-15-23(22-24)14-8-6-4-2/h9-10,12-13,15-19,22H,3-8,11,14,20-21H2,1-2H3. The van der Waals surface area contributed by atoms with Crippen molar-refractivity contribution in [1.29, 1.82) is 0 Å². The molecule has 0 radical (unpaired) electrons. The fraction of sp³-hybridized carbons (Fsp3) is 0.448. The Bertz CT molecular complexity index is 930. The van der Waals surface area contributed by atoms with Crippen LogP contribution in [-0.4, -0.2) is 6.61 Å². The van der Waals surface area contributed by atoms with Crippen LogP contribution in [0.3, 0.4) is 0 Å². The second-order valence-electron chi connectivity index (χ2n) is 8.70. The largest absolute Gasteiger partial charge is 0.491 e. The fourth-order valence-corrected chi connectivity index (χ4v) is 4.29. The molecular formula is C29H36F2O. The lowest BCUT2D eigenvalue weighted by Gasteiger charge is -2.29. The van der Waals surface area contributed by atoms with Gasteiger partial charge in [0.1, 0.15) is 0 Å². The molecule has 0 saturated heterocycles. The molecule has 0 bridgehead atoms. The Balaban J connectivity index is 1.87. The van der Waals surface area contributed by atoms with Crippen LogP contribution in [-0.2, 0) is 16.8 Å². The van der Waals surface area contributed by atoms with Gasteiger partial charge >= 0.3 is 0 Å². The highest BCUT2D eigenvalue weighted by molar-refractivity contribution is 5.70. The maximum Gasteiger partial charge on any atom is 0.194 e. The zero-order chi connectivity index (χ0) is 22.8. The minimum atomic E-state index is -2.22. The number of rotatable bonds is 12. The van der Waals surface area contributed by atoms with Crippen molar-refractivity contribution < 1.29 is 13.5 Å². The van der Waals surface area contributed by atoms with Crippen molar-refractivity contribution in [3.63, 3.8) is 0 Å². The number of alkyl halides is 1. The van der Waals surface area contributed by atoms with E-state index in [1.54, 1.807) is 24.3 Å². The summed E-state index contributed by atoms with van der Waals surface area (Å²) in [5.41, 5.74) is 1.03. The van der Waals surface area contributed by atoms with Crippen LogP contribution in [0.25, 0.3) is 11.1 Å². The van der Waals surface area contributed by atoms with Crippen LogP contribution in [0, 0.1) is 0 Å². The van der Waals surface area contributed by atoms with Crippen molar-refractivity contribution in [2.75, 3.05) is 6.61 Å². The molecule has 0 N–H and O–H groups in total. The SMILES string of the molecule is CCCCCCOC1=C(F)C(F)(c2ccccc2-c2cccc(CCCCC)c2)CC=C1. The number of aryl methyl sites for hydroxylation is 1. The van der Waals surface area contributed by atoms with E-state index < -0.39 is 11.5 Å². The molecule has 0 saturated carbocycles. The first-order chi connectivity index (χ1) is 15.6. The first kappa shape index (κ1) is 24.2. The lowest BCUT2D eigenvalue weighted by Crippen LogP contribution is -2.25. The average Bonchev–Trinajstić information content (AvgIpc) is 2.82. The molecule has 0 fully saturated rings. The van der Waals surface area contributed by atoms with E-state index in [-0.39, 0.29) is 12.2 Å². The lowest BCUT2D eigenvalue weighted by atomic mass is 9.82. The summed E-state index contributed by atoms with van der Waals surface area (Å²) in [6.07, 6.45) is 11.9. The Labute approximate surface area is 192 Å². The predicted octanol–water partition coefficient (Wildman–Crippen LogP) is 8.99. The van der Waals surface area contributed by atoms with Gasteiger partial charge in [-0.3, -0.25) is 0 Å². The molecule has 0 spiro atoms. The highest BCUT2D eigenvalue weighted by Crippen LogP contribution is 2.46. The highest BCUT2D eigenvalue weighted by atomic mass is 19.2. The zero-order valence-electron chi connectivity index (χ0n) is 19.5. The van der Waals surface area contributed by atoms with E-state index in [4.69, 9.17) is 4.74 Å². The Morgan fingerprint density at radius 2 is 1.69 bits per heavy atom. The van der Waals surface area contributed by atoms with Crippen LogP contribution in [0.2, 0.25) is 0 Å².